The number of aliphatic hydroxyl groups is 12. The third-order valence-electron chi connectivity index (χ3n) is 6.32. The number of hydrogen-bond donors (Lipinski definition) is 12. The lowest BCUT2D eigenvalue weighted by atomic mass is 9.74. The molecule has 0 aromatic heterocycles. The molecule has 0 radical (unpaired) electrons. The fraction of sp³-hybridized carbons (Fsp3) is 1.00. The first-order valence-corrected chi connectivity index (χ1v) is 10.2. The molecule has 2 rings (SSSR count). The van der Waals surface area contributed by atoms with Crippen molar-refractivity contribution in [3.63, 3.8) is 0 Å². The smallest absolute Gasteiger partial charge is 0.111 e. The second kappa shape index (κ2) is 11.7. The van der Waals surface area contributed by atoms with Crippen LogP contribution in [0.4, 0.5) is 0 Å². The average molecular weight is 474 g/mol. The Labute approximate surface area is 183 Å². The predicted molar refractivity (Wildman–Crippen MR) is 101 cm³/mol. The largest absolute Gasteiger partial charge is 0.394 e. The molecule has 2 saturated heterocycles. The number of rotatable bonds is 9. The van der Waals surface area contributed by atoms with Gasteiger partial charge in [-0.3, -0.25) is 0 Å². The van der Waals surface area contributed by atoms with Gasteiger partial charge in [0.25, 0.3) is 0 Å². The van der Waals surface area contributed by atoms with Gasteiger partial charge >= 0.3 is 0 Å². The van der Waals surface area contributed by atoms with Gasteiger partial charge < -0.3 is 70.8 Å². The van der Waals surface area contributed by atoms with Crippen LogP contribution in [0.15, 0.2) is 0 Å². The van der Waals surface area contributed by atoms with Crippen LogP contribution in [0.25, 0.3) is 0 Å². The van der Waals surface area contributed by atoms with E-state index < -0.39 is 112 Å². The first-order chi connectivity index (χ1) is 15.0. The van der Waals surface area contributed by atoms with Crippen LogP contribution in [-0.2, 0) is 9.47 Å². The van der Waals surface area contributed by atoms with Gasteiger partial charge in [0.15, 0.2) is 0 Å². The normalized spacial score (nSPS) is 44.6. The highest BCUT2D eigenvalue weighted by atomic mass is 16.6. The Balaban J connectivity index is 2.35. The third-order valence-corrected chi connectivity index (χ3v) is 6.32. The van der Waals surface area contributed by atoms with Gasteiger partial charge in [-0.1, -0.05) is 0 Å². The first-order valence-electron chi connectivity index (χ1n) is 10.2. The van der Waals surface area contributed by atoms with Gasteiger partial charge in [-0.25, -0.2) is 0 Å². The summed E-state index contributed by atoms with van der Waals surface area (Å²) in [6, 6.07) is 0. The molecule has 32 heavy (non-hydrogen) atoms. The molecule has 0 aromatic carbocycles. The van der Waals surface area contributed by atoms with Crippen molar-refractivity contribution in [1.29, 1.82) is 0 Å². The summed E-state index contributed by atoms with van der Waals surface area (Å²) in [4.78, 5) is 0. The molecular formula is C18H34O14. The highest BCUT2D eigenvalue weighted by molar-refractivity contribution is 5.05. The van der Waals surface area contributed by atoms with E-state index in [1.165, 1.54) is 0 Å². The first kappa shape index (κ1) is 27.7. The lowest BCUT2D eigenvalue weighted by Crippen LogP contribution is -2.69. The Morgan fingerprint density at radius 1 is 0.594 bits per heavy atom. The zero-order chi connectivity index (χ0) is 24.3. The average Bonchev–Trinajstić information content (AvgIpc) is 2.80. The van der Waals surface area contributed by atoms with E-state index in [-0.39, 0.29) is 0 Å². The van der Waals surface area contributed by atoms with E-state index in [4.69, 9.17) is 14.6 Å². The van der Waals surface area contributed by atoms with Crippen LogP contribution in [0.3, 0.4) is 0 Å². The highest BCUT2D eigenvalue weighted by Crippen LogP contribution is 2.38. The fourth-order valence-electron chi connectivity index (χ4n) is 4.48. The number of hydrogen-bond acceptors (Lipinski definition) is 14. The Bertz CT molecular complexity index is 564. The molecule has 0 amide bonds. The zero-order valence-electron chi connectivity index (χ0n) is 17.1. The van der Waals surface area contributed by atoms with Crippen molar-refractivity contribution in [2.75, 3.05) is 26.4 Å². The van der Waals surface area contributed by atoms with E-state index in [9.17, 15) is 56.2 Å². The van der Waals surface area contributed by atoms with Crippen molar-refractivity contribution >= 4 is 0 Å². The van der Waals surface area contributed by atoms with E-state index in [0.717, 1.165) is 0 Å². The summed E-state index contributed by atoms with van der Waals surface area (Å²) >= 11 is 0. The molecule has 14 heteroatoms. The minimum Gasteiger partial charge on any atom is -0.394 e. The van der Waals surface area contributed by atoms with Crippen molar-refractivity contribution in [1.82, 2.24) is 0 Å². The topological polar surface area (TPSA) is 261 Å². The third kappa shape index (κ3) is 5.24. The second-order valence-electron chi connectivity index (χ2n) is 8.24. The molecule has 2 aliphatic heterocycles. The minimum atomic E-state index is -1.93. The standard InChI is InChI=1S/C18H34O14/c19-1-5(23)9(11(25)6(24)2-20)17-15(29)13(27)10(7(3-21)31-17)18-16(30)14(28)12(26)8(4-22)32-18/h5-30H,1-4H2/t5-,6+,7-,8-,9-,10?,11-,12-,13+,14+,15-,16-,17?,18-/m1/s1. The Kier molecular flexibility index (Phi) is 10.1. The molecule has 12 N–H and O–H groups in total. The minimum absolute atomic E-state index is 0.754. The van der Waals surface area contributed by atoms with Gasteiger partial charge in [0.2, 0.25) is 0 Å². The van der Waals surface area contributed by atoms with E-state index in [1.807, 2.05) is 0 Å². The van der Waals surface area contributed by atoms with Gasteiger partial charge in [-0.2, -0.15) is 0 Å². The highest BCUT2D eigenvalue weighted by Gasteiger charge is 2.57. The van der Waals surface area contributed by atoms with E-state index >= 15 is 0 Å². The zero-order valence-corrected chi connectivity index (χ0v) is 17.1. The molecule has 190 valence electrons. The van der Waals surface area contributed by atoms with Crippen LogP contribution in [-0.4, -0.2) is 161 Å². The van der Waals surface area contributed by atoms with Crippen LogP contribution in [0, 0.1) is 11.8 Å². The maximum atomic E-state index is 10.8. The van der Waals surface area contributed by atoms with Crippen molar-refractivity contribution in [3.8, 4) is 0 Å². The van der Waals surface area contributed by atoms with Gasteiger partial charge in [0.1, 0.15) is 36.6 Å². The van der Waals surface area contributed by atoms with Crippen molar-refractivity contribution in [2.45, 2.75) is 73.2 Å². The number of ether oxygens (including phenoxy) is 2. The van der Waals surface area contributed by atoms with E-state index in [2.05, 4.69) is 0 Å². The molecule has 0 saturated carbocycles. The molecule has 0 aliphatic carbocycles. The molecule has 0 aromatic rings. The monoisotopic (exact) mass is 474 g/mol. The summed E-state index contributed by atoms with van der Waals surface area (Å²) < 4.78 is 11.0. The van der Waals surface area contributed by atoms with Crippen LogP contribution < -0.4 is 0 Å². The summed E-state index contributed by atoms with van der Waals surface area (Å²) in [5, 5.41) is 120. The van der Waals surface area contributed by atoms with E-state index in [1.54, 1.807) is 0 Å². The SMILES string of the molecule is OC[C@@H](O)[C@@H](C1O[C@H](CO)C([C@H]2O[C@H](CO)[C@@H](O)[C@H](O)[C@H]2O)[C@H](O)[C@H]1O)[C@H](O)[C@@H](O)CO. The maximum absolute atomic E-state index is 10.8. The summed E-state index contributed by atoms with van der Waals surface area (Å²) in [6.07, 6.45) is -20.5. The molecular weight excluding hydrogens is 440 g/mol. The second-order valence-corrected chi connectivity index (χ2v) is 8.24. The Morgan fingerprint density at radius 3 is 1.66 bits per heavy atom. The van der Waals surface area contributed by atoms with Gasteiger partial charge in [-0.15, -0.1) is 0 Å². The predicted octanol–water partition coefficient (Wildman–Crippen LogP) is -7.39. The molecule has 2 fully saturated rings. The molecule has 2 aliphatic rings. The van der Waals surface area contributed by atoms with Crippen molar-refractivity contribution in [3.05, 3.63) is 0 Å². The van der Waals surface area contributed by atoms with E-state index in [0.29, 0.717) is 0 Å². The molecule has 2 unspecified atom stereocenters. The quantitative estimate of drug-likeness (QED) is 0.148. The molecule has 0 bridgehead atoms. The lowest BCUT2D eigenvalue weighted by Gasteiger charge is -2.52. The Hall–Kier alpha value is -0.560. The van der Waals surface area contributed by atoms with Gasteiger partial charge in [-0.05, 0) is 0 Å². The van der Waals surface area contributed by atoms with Crippen LogP contribution >= 0.6 is 0 Å². The fourth-order valence-corrected chi connectivity index (χ4v) is 4.48. The summed E-state index contributed by atoms with van der Waals surface area (Å²) in [7, 11) is 0. The molecule has 2 heterocycles. The van der Waals surface area contributed by atoms with Gasteiger partial charge in [0, 0.05) is 11.8 Å². The van der Waals surface area contributed by atoms with Crippen molar-refractivity contribution < 1.29 is 70.8 Å². The summed E-state index contributed by atoms with van der Waals surface area (Å²) in [5.41, 5.74) is 0. The van der Waals surface area contributed by atoms with Crippen LogP contribution in [0.5, 0.6) is 0 Å². The summed E-state index contributed by atoms with van der Waals surface area (Å²) in [6.45, 7) is -3.46. The molecule has 0 spiro atoms. The van der Waals surface area contributed by atoms with Crippen molar-refractivity contribution in [2.24, 2.45) is 11.8 Å². The molecule has 14 atom stereocenters. The number of aliphatic hydroxyl groups excluding tert-OH is 12. The summed E-state index contributed by atoms with van der Waals surface area (Å²) in [5.74, 6) is -3.04. The maximum Gasteiger partial charge on any atom is 0.111 e. The van der Waals surface area contributed by atoms with Crippen LogP contribution in [0.1, 0.15) is 0 Å². The van der Waals surface area contributed by atoms with Gasteiger partial charge in [0.05, 0.1) is 63.1 Å². The molecule has 14 nitrogen and oxygen atoms in total. The lowest BCUT2D eigenvalue weighted by molar-refractivity contribution is -0.300. The Morgan fingerprint density at radius 2 is 1.16 bits per heavy atom. The van der Waals surface area contributed by atoms with Crippen LogP contribution in [0.2, 0.25) is 0 Å².